The Balaban J connectivity index is 2.02. The van der Waals surface area contributed by atoms with Gasteiger partial charge in [0.15, 0.2) is 11.6 Å². The molecule has 0 aromatic heterocycles. The van der Waals surface area contributed by atoms with E-state index in [-0.39, 0.29) is 33.2 Å². The van der Waals surface area contributed by atoms with Crippen molar-refractivity contribution in [3.05, 3.63) is 69.8 Å². The van der Waals surface area contributed by atoms with Gasteiger partial charge in [-0.15, -0.1) is 0 Å². The van der Waals surface area contributed by atoms with Crippen LogP contribution in [0.5, 0.6) is 11.5 Å². The molecule has 2 N–H and O–H groups in total. The molecule has 0 saturated carbocycles. The van der Waals surface area contributed by atoms with Crippen LogP contribution < -0.4 is 0 Å². The number of aromatic hydroxyl groups is 2. The number of hydrogen-bond donors (Lipinski definition) is 2. The van der Waals surface area contributed by atoms with E-state index in [1.165, 1.54) is 12.2 Å². The van der Waals surface area contributed by atoms with Crippen LogP contribution in [0, 0.1) is 0 Å². The summed E-state index contributed by atoms with van der Waals surface area (Å²) in [4.78, 5) is 24.9. The maximum absolute atomic E-state index is 12.4. The van der Waals surface area contributed by atoms with E-state index < -0.39 is 33.0 Å². The first-order chi connectivity index (χ1) is 19.9. The number of carbonyl (C=O) groups excluding carboxylic acids is 2. The largest absolute Gasteiger partial charge is 0.507 e. The van der Waals surface area contributed by atoms with E-state index in [1.54, 1.807) is 12.2 Å². The Kier molecular flexibility index (Phi) is 11.8. The average molecular weight is 627 g/mol. The minimum Gasteiger partial charge on any atom is -0.507 e. The molecule has 44 heavy (non-hydrogen) atoms. The zero-order valence-electron chi connectivity index (χ0n) is 28.5. The van der Waals surface area contributed by atoms with Gasteiger partial charge in [0, 0.05) is 22.3 Å². The molecule has 0 aliphatic heterocycles. The van der Waals surface area contributed by atoms with Crippen molar-refractivity contribution < 1.29 is 33.4 Å². The van der Waals surface area contributed by atoms with E-state index in [0.717, 1.165) is 33.4 Å². The molecule has 0 radical (unpaired) electrons. The van der Waals surface area contributed by atoms with Crippen LogP contribution in [0.15, 0.2) is 36.4 Å². The third-order valence-corrected chi connectivity index (χ3v) is 7.84. The Morgan fingerprint density at radius 3 is 1.07 bits per heavy atom. The average Bonchev–Trinajstić information content (AvgIpc) is 2.86. The summed E-state index contributed by atoms with van der Waals surface area (Å²) in [6.07, 6.45) is 5.95. The Hall–Kier alpha value is -2.99. The molecule has 2 aromatic rings. The Bertz CT molecular complexity index is 1270. The van der Waals surface area contributed by atoms with E-state index >= 15 is 0 Å². The molecule has 0 heterocycles. The lowest BCUT2D eigenvalue weighted by Crippen LogP contribution is -2.17. The number of phenolic OH excluding ortho intramolecular Hbond substituents is 2. The minimum absolute atomic E-state index is 0.254. The molecule has 0 aliphatic carbocycles. The van der Waals surface area contributed by atoms with Gasteiger partial charge < -0.3 is 19.3 Å². The first kappa shape index (κ1) is 37.2. The van der Waals surface area contributed by atoms with E-state index in [0.29, 0.717) is 0 Å². The fraction of sp³-hybridized carbons (Fsp3) is 0.500. The highest BCUT2D eigenvalue weighted by molar-refractivity contribution is 7.33. The van der Waals surface area contributed by atoms with Gasteiger partial charge in [-0.05, 0) is 69.2 Å². The van der Waals surface area contributed by atoms with Crippen molar-refractivity contribution in [2.24, 2.45) is 0 Å². The molecule has 242 valence electrons. The Morgan fingerprint density at radius 2 is 0.841 bits per heavy atom. The molecule has 7 nitrogen and oxygen atoms in total. The van der Waals surface area contributed by atoms with E-state index in [2.05, 4.69) is 0 Å². The fourth-order valence-corrected chi connectivity index (χ4v) is 5.17. The summed E-state index contributed by atoms with van der Waals surface area (Å²) in [5.74, 6) is -0.330. The highest BCUT2D eigenvalue weighted by Gasteiger charge is 2.27. The molecule has 8 heteroatoms. The van der Waals surface area contributed by atoms with Crippen LogP contribution in [0.2, 0.25) is 0 Å². The predicted octanol–water partition coefficient (Wildman–Crippen LogP) is 8.58. The molecular weight excluding hydrogens is 575 g/mol. The maximum Gasteiger partial charge on any atom is 0.320 e. The lowest BCUT2D eigenvalue weighted by Gasteiger charge is -2.27. The van der Waals surface area contributed by atoms with Gasteiger partial charge in [-0.1, -0.05) is 95.2 Å². The second kappa shape index (κ2) is 14.0. The first-order valence-electron chi connectivity index (χ1n) is 14.9. The van der Waals surface area contributed by atoms with Crippen molar-refractivity contribution in [2.45, 2.75) is 105 Å². The van der Waals surface area contributed by atoms with Gasteiger partial charge in [-0.3, -0.25) is 14.2 Å². The molecule has 0 aliphatic rings. The van der Waals surface area contributed by atoms with Crippen molar-refractivity contribution in [2.75, 3.05) is 13.2 Å². The summed E-state index contributed by atoms with van der Waals surface area (Å²) < 4.78 is 22.4. The van der Waals surface area contributed by atoms with Gasteiger partial charge in [0.05, 0.1) is 0 Å². The van der Waals surface area contributed by atoms with Crippen molar-refractivity contribution >= 4 is 32.0 Å². The quantitative estimate of drug-likeness (QED) is 0.201. The van der Waals surface area contributed by atoms with E-state index in [1.807, 2.05) is 107 Å². The third-order valence-electron chi connectivity index (χ3n) is 7.08. The molecule has 0 amide bonds. The van der Waals surface area contributed by atoms with Crippen molar-refractivity contribution in [3.63, 3.8) is 0 Å². The summed E-state index contributed by atoms with van der Waals surface area (Å²) in [5, 5.41) is 21.8. The number of ketones is 2. The predicted molar refractivity (Wildman–Crippen MR) is 180 cm³/mol. The molecule has 0 bridgehead atoms. The Labute approximate surface area is 264 Å². The van der Waals surface area contributed by atoms with Crippen LogP contribution in [0.25, 0.3) is 12.2 Å². The molecular formula is C36H51O7P. The summed E-state index contributed by atoms with van der Waals surface area (Å²) >= 11 is 0. The van der Waals surface area contributed by atoms with Gasteiger partial charge >= 0.3 is 8.25 Å². The van der Waals surface area contributed by atoms with E-state index in [4.69, 9.17) is 9.05 Å². The number of carbonyl (C=O) groups is 2. The zero-order valence-corrected chi connectivity index (χ0v) is 29.5. The van der Waals surface area contributed by atoms with Crippen molar-refractivity contribution in [3.8, 4) is 11.5 Å². The monoisotopic (exact) mass is 626 g/mol. The molecule has 0 spiro atoms. The highest BCUT2D eigenvalue weighted by atomic mass is 31.1. The smallest absolute Gasteiger partial charge is 0.320 e. The number of benzene rings is 2. The minimum atomic E-state index is -3.08. The van der Waals surface area contributed by atoms with Crippen molar-refractivity contribution in [1.29, 1.82) is 0 Å². The summed E-state index contributed by atoms with van der Waals surface area (Å²) in [5.41, 5.74) is 3.40. The van der Waals surface area contributed by atoms with Crippen LogP contribution in [-0.2, 0) is 44.9 Å². The van der Waals surface area contributed by atoms with Crippen LogP contribution in [0.4, 0.5) is 0 Å². The van der Waals surface area contributed by atoms with Gasteiger partial charge in [0.2, 0.25) is 0 Å². The van der Waals surface area contributed by atoms with Crippen LogP contribution in [0.1, 0.15) is 116 Å². The first-order valence-corrected chi connectivity index (χ1v) is 16.1. The summed E-state index contributed by atoms with van der Waals surface area (Å²) in [7, 11) is -3.08. The van der Waals surface area contributed by atoms with Gasteiger partial charge in [-0.25, -0.2) is 0 Å². The molecule has 0 saturated heterocycles. The lowest BCUT2D eigenvalue weighted by atomic mass is 9.78. The molecule has 0 unspecified atom stereocenters. The summed E-state index contributed by atoms with van der Waals surface area (Å²) in [6, 6.07) is 7.41. The Morgan fingerprint density at radius 1 is 0.591 bits per heavy atom. The number of rotatable bonds is 10. The summed E-state index contributed by atoms with van der Waals surface area (Å²) in [6.45, 7) is 23.2. The standard InChI is InChI=1S/C36H51O7P/c1-33(2,3)27-17-23(18-28(31(27)39)34(4,5)6)13-15-25(37)21-42-44(41)43-22-26(38)16-14-24-19-29(35(7,8)9)32(40)30(20-24)36(10,11)12/h13-20,39-40,44H,21-22H2,1-12H3. The SMILES string of the molecule is CC(C)(C)c1cc(C=CC(=O)CO[PH](=O)OCC(=O)C=Cc2cc(C(C)(C)C)c(O)c(C(C)(C)C)c2)cc(C(C)(C)C)c1O. The van der Waals surface area contributed by atoms with Gasteiger partial charge in [-0.2, -0.15) is 0 Å². The zero-order chi connectivity index (χ0) is 33.8. The maximum atomic E-state index is 12.4. The molecule has 2 rings (SSSR count). The van der Waals surface area contributed by atoms with Crippen LogP contribution in [-0.4, -0.2) is 35.0 Å². The second-order valence-electron chi connectivity index (χ2n) is 15.4. The molecule has 0 fully saturated rings. The van der Waals surface area contributed by atoms with Gasteiger partial charge in [0.25, 0.3) is 0 Å². The van der Waals surface area contributed by atoms with Gasteiger partial charge in [0.1, 0.15) is 24.7 Å². The van der Waals surface area contributed by atoms with Crippen molar-refractivity contribution in [1.82, 2.24) is 0 Å². The normalized spacial score (nSPS) is 14.0. The highest BCUT2D eigenvalue weighted by Crippen LogP contribution is 2.41. The fourth-order valence-electron chi connectivity index (χ4n) is 4.57. The third kappa shape index (κ3) is 10.6. The molecule has 0 atom stereocenters. The van der Waals surface area contributed by atoms with Crippen LogP contribution >= 0.6 is 8.25 Å². The van der Waals surface area contributed by atoms with Crippen LogP contribution in [0.3, 0.4) is 0 Å². The van der Waals surface area contributed by atoms with E-state index in [9.17, 15) is 24.4 Å². The number of hydrogen-bond acceptors (Lipinski definition) is 7. The second-order valence-corrected chi connectivity index (χ2v) is 16.4. The molecule has 2 aromatic carbocycles. The lowest BCUT2D eigenvalue weighted by molar-refractivity contribution is -0.116. The topological polar surface area (TPSA) is 110 Å². The number of phenols is 2.